The Morgan fingerprint density at radius 2 is 2.00 bits per heavy atom. The quantitative estimate of drug-likeness (QED) is 0.605. The number of aryl methyl sites for hydroxylation is 1. The molecule has 6 nitrogen and oxygen atoms in total. The number of carbonyl (C=O) groups is 2. The Kier molecular flexibility index (Phi) is 4.76. The van der Waals surface area contributed by atoms with Crippen molar-refractivity contribution < 1.29 is 23.5 Å². The van der Waals surface area contributed by atoms with Crippen LogP contribution < -0.4 is 0 Å². The molecule has 0 saturated heterocycles. The molecule has 0 bridgehead atoms. The normalized spacial score (nSPS) is 17.6. The monoisotopic (exact) mass is 281 g/mol. The lowest BCUT2D eigenvalue weighted by atomic mass is 9.80. The minimum Gasteiger partial charge on any atom is -0.465 e. The number of oxazole rings is 1. The van der Waals surface area contributed by atoms with Gasteiger partial charge in [-0.15, -0.1) is 0 Å². The van der Waals surface area contributed by atoms with Gasteiger partial charge in [-0.1, -0.05) is 0 Å². The maximum atomic E-state index is 12.1. The predicted molar refractivity (Wildman–Crippen MR) is 68.9 cm³/mol. The molecular weight excluding hydrogens is 262 g/mol. The third kappa shape index (κ3) is 2.84. The Morgan fingerprint density at radius 1 is 1.35 bits per heavy atom. The lowest BCUT2D eigenvalue weighted by Gasteiger charge is -2.25. The van der Waals surface area contributed by atoms with Crippen LogP contribution in [0.2, 0.25) is 0 Å². The van der Waals surface area contributed by atoms with Crippen molar-refractivity contribution in [2.45, 2.75) is 39.0 Å². The highest BCUT2D eigenvalue weighted by Crippen LogP contribution is 2.37. The fourth-order valence-electron chi connectivity index (χ4n) is 2.60. The topological polar surface area (TPSA) is 78.6 Å². The second-order valence-electron chi connectivity index (χ2n) is 4.64. The minimum absolute atomic E-state index is 0.229. The molecule has 1 aromatic heterocycles. The zero-order valence-corrected chi connectivity index (χ0v) is 11.8. The van der Waals surface area contributed by atoms with Crippen molar-refractivity contribution >= 4 is 11.9 Å². The Bertz CT molecular complexity index is 464. The number of fused-ring (bicyclic) bond motifs is 1. The average molecular weight is 281 g/mol. The first-order chi connectivity index (χ1) is 9.69. The summed E-state index contributed by atoms with van der Waals surface area (Å²) in [6.45, 7) is 3.88. The van der Waals surface area contributed by atoms with Gasteiger partial charge >= 0.3 is 11.9 Å². The lowest BCUT2D eigenvalue weighted by Crippen LogP contribution is -2.35. The van der Waals surface area contributed by atoms with Gasteiger partial charge in [0.15, 0.2) is 12.3 Å². The summed E-state index contributed by atoms with van der Waals surface area (Å²) in [7, 11) is 0. The largest absolute Gasteiger partial charge is 0.465 e. The van der Waals surface area contributed by atoms with Crippen LogP contribution in [0, 0.1) is 5.92 Å². The summed E-state index contributed by atoms with van der Waals surface area (Å²) in [6.07, 6.45) is 3.69. The van der Waals surface area contributed by atoms with Gasteiger partial charge in [0.25, 0.3) is 0 Å². The summed E-state index contributed by atoms with van der Waals surface area (Å²) in [5.74, 6) is -1.63. The summed E-state index contributed by atoms with van der Waals surface area (Å²) in [4.78, 5) is 28.4. The molecule has 0 fully saturated rings. The maximum Gasteiger partial charge on any atom is 0.321 e. The van der Waals surface area contributed by atoms with Gasteiger partial charge in [-0.3, -0.25) is 9.59 Å². The molecule has 6 heteroatoms. The molecule has 0 amide bonds. The molecule has 1 aromatic rings. The maximum absolute atomic E-state index is 12.1. The summed E-state index contributed by atoms with van der Waals surface area (Å²) in [6, 6.07) is 0. The zero-order valence-electron chi connectivity index (χ0n) is 11.8. The van der Waals surface area contributed by atoms with E-state index in [-0.39, 0.29) is 19.1 Å². The highest BCUT2D eigenvalue weighted by atomic mass is 16.6. The van der Waals surface area contributed by atoms with Crippen molar-refractivity contribution in [1.82, 2.24) is 4.98 Å². The first-order valence-electron chi connectivity index (χ1n) is 6.94. The van der Waals surface area contributed by atoms with Gasteiger partial charge < -0.3 is 13.9 Å². The molecule has 1 aliphatic rings. The van der Waals surface area contributed by atoms with Crippen molar-refractivity contribution in [2.24, 2.45) is 5.92 Å². The van der Waals surface area contributed by atoms with E-state index >= 15 is 0 Å². The van der Waals surface area contributed by atoms with Crippen LogP contribution in [0.3, 0.4) is 0 Å². The molecule has 20 heavy (non-hydrogen) atoms. The van der Waals surface area contributed by atoms with Crippen molar-refractivity contribution in [1.29, 1.82) is 0 Å². The van der Waals surface area contributed by atoms with E-state index in [9.17, 15) is 9.59 Å². The van der Waals surface area contributed by atoms with E-state index in [0.717, 1.165) is 18.6 Å². The first kappa shape index (κ1) is 14.6. The first-order valence-corrected chi connectivity index (χ1v) is 6.94. The summed E-state index contributed by atoms with van der Waals surface area (Å²) in [5.41, 5.74) is 0.683. The fourth-order valence-corrected chi connectivity index (χ4v) is 2.60. The van der Waals surface area contributed by atoms with Crippen LogP contribution in [0.1, 0.15) is 44.1 Å². The summed E-state index contributed by atoms with van der Waals surface area (Å²) >= 11 is 0. The number of hydrogen-bond donors (Lipinski definition) is 0. The van der Waals surface area contributed by atoms with Gasteiger partial charge in [-0.25, -0.2) is 4.98 Å². The number of carbonyl (C=O) groups excluding carboxylic acids is 2. The van der Waals surface area contributed by atoms with Gasteiger partial charge in [-0.05, 0) is 26.7 Å². The molecule has 0 saturated carbocycles. The van der Waals surface area contributed by atoms with E-state index in [1.165, 1.54) is 6.39 Å². The third-order valence-corrected chi connectivity index (χ3v) is 3.43. The van der Waals surface area contributed by atoms with Crippen LogP contribution >= 0.6 is 0 Å². The molecule has 1 unspecified atom stereocenters. The van der Waals surface area contributed by atoms with E-state index in [0.29, 0.717) is 12.1 Å². The highest BCUT2D eigenvalue weighted by Gasteiger charge is 2.42. The van der Waals surface area contributed by atoms with Gasteiger partial charge in [-0.2, -0.15) is 0 Å². The van der Waals surface area contributed by atoms with E-state index in [1.54, 1.807) is 13.8 Å². The molecule has 0 aliphatic heterocycles. The molecule has 1 atom stereocenters. The summed E-state index contributed by atoms with van der Waals surface area (Å²) in [5, 5.41) is 0. The van der Waals surface area contributed by atoms with E-state index < -0.39 is 17.9 Å². The Labute approximate surface area is 117 Å². The van der Waals surface area contributed by atoms with Gasteiger partial charge in [0, 0.05) is 12.3 Å². The number of aromatic nitrogens is 1. The van der Waals surface area contributed by atoms with E-state index in [1.807, 2.05) is 0 Å². The molecule has 0 aromatic carbocycles. The standard InChI is InChI=1S/C14H19NO5/c1-3-18-13(16)11(14(17)19-4-2)9-6-5-7-10-12(9)15-8-20-10/h8-9,11H,3-7H2,1-2H3. The van der Waals surface area contributed by atoms with Crippen LogP contribution in [0.5, 0.6) is 0 Å². The average Bonchev–Trinajstić information content (AvgIpc) is 2.89. The van der Waals surface area contributed by atoms with Crippen LogP contribution in [-0.4, -0.2) is 30.1 Å². The van der Waals surface area contributed by atoms with E-state index in [4.69, 9.17) is 13.9 Å². The molecule has 1 heterocycles. The second-order valence-corrected chi connectivity index (χ2v) is 4.64. The number of rotatable bonds is 5. The van der Waals surface area contributed by atoms with Crippen LogP contribution in [0.15, 0.2) is 10.8 Å². The van der Waals surface area contributed by atoms with E-state index in [2.05, 4.69) is 4.98 Å². The van der Waals surface area contributed by atoms with Crippen molar-refractivity contribution in [3.05, 3.63) is 17.8 Å². The molecular formula is C14H19NO5. The molecule has 2 rings (SSSR count). The van der Waals surface area contributed by atoms with Crippen LogP contribution in [0.25, 0.3) is 0 Å². The lowest BCUT2D eigenvalue weighted by molar-refractivity contribution is -0.163. The van der Waals surface area contributed by atoms with Gasteiger partial charge in [0.1, 0.15) is 5.76 Å². The highest BCUT2D eigenvalue weighted by molar-refractivity contribution is 5.96. The molecule has 0 radical (unpaired) electrons. The Morgan fingerprint density at radius 3 is 2.60 bits per heavy atom. The molecule has 0 spiro atoms. The van der Waals surface area contributed by atoms with Gasteiger partial charge in [0.05, 0.1) is 18.9 Å². The van der Waals surface area contributed by atoms with Crippen molar-refractivity contribution in [3.63, 3.8) is 0 Å². The molecule has 110 valence electrons. The minimum atomic E-state index is -0.959. The zero-order chi connectivity index (χ0) is 14.5. The summed E-state index contributed by atoms with van der Waals surface area (Å²) < 4.78 is 15.3. The number of hydrogen-bond acceptors (Lipinski definition) is 6. The fraction of sp³-hybridized carbons (Fsp3) is 0.643. The number of nitrogens with zero attached hydrogens (tertiary/aromatic N) is 1. The SMILES string of the molecule is CCOC(=O)C(C(=O)OCC)C1CCCc2ocnc21. The smallest absolute Gasteiger partial charge is 0.321 e. The predicted octanol–water partition coefficient (Wildman–Crippen LogP) is 1.84. The molecule has 1 aliphatic carbocycles. The van der Waals surface area contributed by atoms with Crippen molar-refractivity contribution in [2.75, 3.05) is 13.2 Å². The van der Waals surface area contributed by atoms with Crippen LogP contribution in [0.4, 0.5) is 0 Å². The number of ether oxygens (including phenoxy) is 2. The molecule has 0 N–H and O–H groups in total. The Hall–Kier alpha value is -1.85. The Balaban J connectivity index is 2.28. The third-order valence-electron chi connectivity index (χ3n) is 3.43. The van der Waals surface area contributed by atoms with Crippen molar-refractivity contribution in [3.8, 4) is 0 Å². The van der Waals surface area contributed by atoms with Gasteiger partial charge in [0.2, 0.25) is 0 Å². The van der Waals surface area contributed by atoms with Crippen LogP contribution in [-0.2, 0) is 25.5 Å². The number of esters is 2. The second kappa shape index (κ2) is 6.54.